The number of benzene rings is 1. The average molecular weight is 278 g/mol. The highest BCUT2D eigenvalue weighted by molar-refractivity contribution is 7.22. The number of hydrogen-bond acceptors (Lipinski definition) is 4. The van der Waals surface area contributed by atoms with E-state index in [1.807, 2.05) is 0 Å². The van der Waals surface area contributed by atoms with Gasteiger partial charge in [-0.1, -0.05) is 11.3 Å². The first-order valence-electron chi connectivity index (χ1n) is 5.74. The maximum Gasteiger partial charge on any atom is 0.258 e. The predicted octanol–water partition coefficient (Wildman–Crippen LogP) is 2.44. The van der Waals surface area contributed by atoms with Gasteiger partial charge in [0, 0.05) is 5.57 Å². The summed E-state index contributed by atoms with van der Waals surface area (Å²) < 4.78 is 13.8. The van der Waals surface area contributed by atoms with Crippen LogP contribution in [0.1, 0.15) is 13.8 Å². The Bertz CT molecular complexity index is 723. The zero-order valence-electron chi connectivity index (χ0n) is 10.3. The number of aliphatic hydroxyl groups is 1. The van der Waals surface area contributed by atoms with Crippen LogP contribution >= 0.6 is 11.3 Å². The monoisotopic (exact) mass is 278 g/mol. The molecule has 1 aromatic heterocycles. The summed E-state index contributed by atoms with van der Waals surface area (Å²) in [6.07, 6.45) is -0.988. The number of hydrogen-bond donors (Lipinski definition) is 1. The molecule has 2 aromatic rings. The smallest absolute Gasteiger partial charge is 0.258 e. The Morgan fingerprint density at radius 3 is 2.79 bits per heavy atom. The lowest BCUT2D eigenvalue weighted by Gasteiger charge is -2.18. The summed E-state index contributed by atoms with van der Waals surface area (Å²) in [6.45, 7) is 3.39. The number of rotatable bonds is 1. The van der Waals surface area contributed by atoms with Crippen molar-refractivity contribution in [3.8, 4) is 0 Å². The summed E-state index contributed by atoms with van der Waals surface area (Å²) in [5, 5.41) is 10.5. The lowest BCUT2D eigenvalue weighted by Crippen LogP contribution is -2.35. The number of anilines is 1. The molecule has 6 heteroatoms. The van der Waals surface area contributed by atoms with Crippen LogP contribution in [0.4, 0.5) is 9.52 Å². The number of carbonyl (C=O) groups excluding carboxylic acids is 1. The molecule has 0 aliphatic carbocycles. The predicted molar refractivity (Wildman–Crippen MR) is 71.4 cm³/mol. The van der Waals surface area contributed by atoms with E-state index in [1.165, 1.54) is 28.4 Å². The molecular weight excluding hydrogens is 267 g/mol. The molecule has 0 bridgehead atoms. The molecule has 0 saturated heterocycles. The molecule has 1 unspecified atom stereocenters. The van der Waals surface area contributed by atoms with E-state index in [0.717, 1.165) is 0 Å². The molecule has 4 nitrogen and oxygen atoms in total. The Kier molecular flexibility index (Phi) is 2.65. The van der Waals surface area contributed by atoms with Gasteiger partial charge < -0.3 is 5.11 Å². The van der Waals surface area contributed by atoms with Crippen LogP contribution in [0.2, 0.25) is 0 Å². The Morgan fingerprint density at radius 2 is 2.16 bits per heavy atom. The van der Waals surface area contributed by atoms with Crippen LogP contribution in [0.15, 0.2) is 29.3 Å². The molecule has 1 aliphatic rings. The van der Waals surface area contributed by atoms with Crippen LogP contribution in [-0.4, -0.2) is 22.2 Å². The maximum atomic E-state index is 13.1. The third-order valence-electron chi connectivity index (χ3n) is 3.31. The summed E-state index contributed by atoms with van der Waals surface area (Å²) in [6, 6.07) is 4.25. The van der Waals surface area contributed by atoms with E-state index in [1.54, 1.807) is 19.9 Å². The molecule has 98 valence electrons. The van der Waals surface area contributed by atoms with E-state index < -0.39 is 6.23 Å². The van der Waals surface area contributed by atoms with Crippen molar-refractivity contribution in [2.45, 2.75) is 20.1 Å². The van der Waals surface area contributed by atoms with Gasteiger partial charge >= 0.3 is 0 Å². The fraction of sp³-hybridized carbons (Fsp3) is 0.231. The minimum Gasteiger partial charge on any atom is -0.369 e. The first-order valence-corrected chi connectivity index (χ1v) is 6.56. The topological polar surface area (TPSA) is 53.4 Å². The molecule has 0 saturated carbocycles. The van der Waals surface area contributed by atoms with Crippen molar-refractivity contribution in [1.82, 2.24) is 4.98 Å². The van der Waals surface area contributed by atoms with Crippen molar-refractivity contribution < 1.29 is 14.3 Å². The maximum absolute atomic E-state index is 13.1. The van der Waals surface area contributed by atoms with Crippen LogP contribution in [0.25, 0.3) is 10.2 Å². The van der Waals surface area contributed by atoms with E-state index in [9.17, 15) is 14.3 Å². The lowest BCUT2D eigenvalue weighted by molar-refractivity contribution is -0.115. The van der Waals surface area contributed by atoms with E-state index in [2.05, 4.69) is 4.98 Å². The average Bonchev–Trinajstić information content (AvgIpc) is 2.85. The van der Waals surface area contributed by atoms with Crippen molar-refractivity contribution >= 4 is 32.6 Å². The Morgan fingerprint density at radius 1 is 1.42 bits per heavy atom. The molecule has 2 heterocycles. The van der Waals surface area contributed by atoms with Gasteiger partial charge in [-0.25, -0.2) is 9.37 Å². The summed E-state index contributed by atoms with van der Waals surface area (Å²) in [5.74, 6) is -0.606. The second-order valence-electron chi connectivity index (χ2n) is 4.47. The summed E-state index contributed by atoms with van der Waals surface area (Å²) in [7, 11) is 0. The largest absolute Gasteiger partial charge is 0.369 e. The van der Waals surface area contributed by atoms with E-state index in [4.69, 9.17) is 0 Å². The summed E-state index contributed by atoms with van der Waals surface area (Å²) >= 11 is 1.19. The standard InChI is InChI=1S/C13H11FN2O2S/c1-6-7(2)12(18)16(11(6)17)13-15-9-4-3-8(14)5-10(9)19-13/h3-5,11,17H,1-2H3. The summed E-state index contributed by atoms with van der Waals surface area (Å²) in [4.78, 5) is 17.6. The molecule has 19 heavy (non-hydrogen) atoms. The Balaban J connectivity index is 2.09. The lowest BCUT2D eigenvalue weighted by atomic mass is 10.2. The first-order chi connectivity index (χ1) is 8.99. The van der Waals surface area contributed by atoms with Gasteiger partial charge in [0.1, 0.15) is 5.82 Å². The van der Waals surface area contributed by atoms with Crippen molar-refractivity contribution in [2.75, 3.05) is 4.90 Å². The number of thiazole rings is 1. The second-order valence-corrected chi connectivity index (χ2v) is 5.47. The number of carbonyl (C=O) groups is 1. The zero-order valence-corrected chi connectivity index (χ0v) is 11.2. The van der Waals surface area contributed by atoms with Crippen LogP contribution in [0.5, 0.6) is 0 Å². The van der Waals surface area contributed by atoms with Gasteiger partial charge in [-0.05, 0) is 37.6 Å². The summed E-state index contributed by atoms with van der Waals surface area (Å²) in [5.41, 5.74) is 1.76. The third-order valence-corrected chi connectivity index (χ3v) is 4.33. The van der Waals surface area contributed by atoms with Gasteiger partial charge in [-0.3, -0.25) is 9.69 Å². The number of aromatic nitrogens is 1. The number of nitrogens with zero attached hydrogens (tertiary/aromatic N) is 2. The quantitative estimate of drug-likeness (QED) is 0.871. The van der Waals surface area contributed by atoms with Crippen molar-refractivity contribution in [3.63, 3.8) is 0 Å². The highest BCUT2D eigenvalue weighted by Gasteiger charge is 2.36. The SMILES string of the molecule is CC1=C(C)C(O)N(c2nc3ccc(F)cc3s2)C1=O. The van der Waals surface area contributed by atoms with Gasteiger partial charge in [0.05, 0.1) is 10.2 Å². The second kappa shape index (κ2) is 4.11. The molecule has 0 fully saturated rings. The molecule has 0 spiro atoms. The van der Waals surface area contributed by atoms with Gasteiger partial charge in [0.2, 0.25) is 0 Å². The van der Waals surface area contributed by atoms with Crippen molar-refractivity contribution in [3.05, 3.63) is 35.2 Å². The van der Waals surface area contributed by atoms with Gasteiger partial charge in [-0.15, -0.1) is 0 Å². The number of halogens is 1. The number of fused-ring (bicyclic) bond motifs is 1. The molecular formula is C13H11FN2O2S. The van der Waals surface area contributed by atoms with Crippen molar-refractivity contribution in [2.24, 2.45) is 0 Å². The minimum absolute atomic E-state index is 0.260. The normalized spacial score (nSPS) is 19.9. The third kappa shape index (κ3) is 1.75. The highest BCUT2D eigenvalue weighted by Crippen LogP contribution is 2.35. The molecule has 1 atom stereocenters. The first kappa shape index (κ1) is 12.3. The molecule has 0 radical (unpaired) electrons. The van der Waals surface area contributed by atoms with Crippen LogP contribution in [0.3, 0.4) is 0 Å². The van der Waals surface area contributed by atoms with E-state index in [0.29, 0.717) is 26.5 Å². The number of amides is 1. The Hall–Kier alpha value is -1.79. The van der Waals surface area contributed by atoms with Gasteiger partial charge in [-0.2, -0.15) is 0 Å². The Labute approximate surface area is 112 Å². The zero-order chi connectivity index (χ0) is 13.7. The molecule has 1 N–H and O–H groups in total. The highest BCUT2D eigenvalue weighted by atomic mass is 32.1. The van der Waals surface area contributed by atoms with Gasteiger partial charge in [0.25, 0.3) is 5.91 Å². The molecule has 1 aromatic carbocycles. The number of aliphatic hydroxyl groups excluding tert-OH is 1. The minimum atomic E-state index is -0.988. The molecule has 1 aliphatic heterocycles. The fourth-order valence-corrected chi connectivity index (χ4v) is 3.04. The van der Waals surface area contributed by atoms with Crippen LogP contribution < -0.4 is 4.90 Å². The van der Waals surface area contributed by atoms with Gasteiger partial charge in [0.15, 0.2) is 11.4 Å². The van der Waals surface area contributed by atoms with Crippen molar-refractivity contribution in [1.29, 1.82) is 0 Å². The fourth-order valence-electron chi connectivity index (χ4n) is 2.03. The van der Waals surface area contributed by atoms with Crippen LogP contribution in [-0.2, 0) is 4.79 Å². The van der Waals surface area contributed by atoms with E-state index >= 15 is 0 Å². The molecule has 3 rings (SSSR count). The van der Waals surface area contributed by atoms with Crippen LogP contribution in [0, 0.1) is 5.82 Å². The van der Waals surface area contributed by atoms with E-state index in [-0.39, 0.29) is 11.7 Å². The molecule has 1 amide bonds.